The van der Waals surface area contributed by atoms with Crippen LogP contribution in [0.3, 0.4) is 0 Å². The Morgan fingerprint density at radius 3 is 2.39 bits per heavy atom. The van der Waals surface area contributed by atoms with Crippen LogP contribution >= 0.6 is 46.4 Å². The molecule has 1 heterocycles. The van der Waals surface area contributed by atoms with Crippen molar-refractivity contribution in [3.8, 4) is 0 Å². The van der Waals surface area contributed by atoms with Gasteiger partial charge in [0.25, 0.3) is 0 Å². The van der Waals surface area contributed by atoms with Crippen LogP contribution < -0.4 is 16.8 Å². The molecule has 0 bridgehead atoms. The van der Waals surface area contributed by atoms with Crippen molar-refractivity contribution in [1.82, 2.24) is 15.2 Å². The molecule has 1 aromatic heterocycles. The average molecular weight is 473 g/mol. The van der Waals surface area contributed by atoms with Gasteiger partial charge in [-0.1, -0.05) is 23.3 Å². The van der Waals surface area contributed by atoms with Crippen molar-refractivity contribution < 1.29 is 4.79 Å². The van der Waals surface area contributed by atoms with E-state index in [0.29, 0.717) is 32.6 Å². The summed E-state index contributed by atoms with van der Waals surface area (Å²) in [5.41, 5.74) is 11.1. The number of hydrogen-bond acceptors (Lipinski definition) is 7. The summed E-state index contributed by atoms with van der Waals surface area (Å²) >= 11 is 0. The number of nitrogens with one attached hydrogen (secondary N) is 1. The standard InChI is InChI=1S/C18H33N5OS2.2ClH/c19-9-14-23(15-10-20)18(24)8-2-1-4-11-21-12-6-16-25-26-17-7-3-5-13-22-17;;/h3,5,7,13,21H,1-2,4,6,8-12,14-16,19-20H2;2*1H. The first-order valence-electron chi connectivity index (χ1n) is 9.37. The van der Waals surface area contributed by atoms with Gasteiger partial charge in [-0.3, -0.25) is 4.79 Å². The van der Waals surface area contributed by atoms with Gasteiger partial charge in [0, 0.05) is 44.5 Å². The molecule has 0 spiro atoms. The zero-order valence-electron chi connectivity index (χ0n) is 16.4. The Hall–Kier alpha value is -0.220. The Morgan fingerprint density at radius 1 is 1.04 bits per heavy atom. The Kier molecular flexibility index (Phi) is 23.0. The van der Waals surface area contributed by atoms with Gasteiger partial charge in [-0.25, -0.2) is 4.98 Å². The van der Waals surface area contributed by atoms with E-state index in [9.17, 15) is 4.79 Å². The zero-order valence-corrected chi connectivity index (χ0v) is 19.7. The second-order valence-corrected chi connectivity index (χ2v) is 8.38. The summed E-state index contributed by atoms with van der Waals surface area (Å²) in [4.78, 5) is 18.1. The summed E-state index contributed by atoms with van der Waals surface area (Å²) in [6.45, 7) is 4.25. The van der Waals surface area contributed by atoms with Crippen LogP contribution in [-0.4, -0.2) is 60.8 Å². The topological polar surface area (TPSA) is 97.3 Å². The van der Waals surface area contributed by atoms with Crippen LogP contribution in [0.25, 0.3) is 0 Å². The quantitative estimate of drug-likeness (QED) is 0.251. The third-order valence-electron chi connectivity index (χ3n) is 3.76. The minimum atomic E-state index is 0. The predicted molar refractivity (Wildman–Crippen MR) is 128 cm³/mol. The largest absolute Gasteiger partial charge is 0.340 e. The Labute approximate surface area is 189 Å². The highest BCUT2D eigenvalue weighted by atomic mass is 35.5. The number of amides is 1. The molecule has 5 N–H and O–H groups in total. The van der Waals surface area contributed by atoms with Gasteiger partial charge in [0.1, 0.15) is 5.03 Å². The first kappa shape index (κ1) is 30.0. The van der Waals surface area contributed by atoms with Crippen molar-refractivity contribution in [2.45, 2.75) is 37.1 Å². The Balaban J connectivity index is 0. The van der Waals surface area contributed by atoms with Crippen LogP contribution in [0.2, 0.25) is 0 Å². The molecule has 0 saturated carbocycles. The van der Waals surface area contributed by atoms with Crippen molar-refractivity contribution in [3.63, 3.8) is 0 Å². The van der Waals surface area contributed by atoms with Crippen LogP contribution in [0.5, 0.6) is 0 Å². The maximum atomic E-state index is 12.1. The summed E-state index contributed by atoms with van der Waals surface area (Å²) in [6.07, 6.45) is 6.69. The van der Waals surface area contributed by atoms with E-state index in [1.54, 1.807) is 15.7 Å². The molecule has 0 aromatic carbocycles. The summed E-state index contributed by atoms with van der Waals surface area (Å²) in [6, 6.07) is 5.98. The van der Waals surface area contributed by atoms with E-state index in [1.165, 1.54) is 0 Å². The van der Waals surface area contributed by atoms with Crippen LogP contribution in [0, 0.1) is 0 Å². The van der Waals surface area contributed by atoms with Gasteiger partial charge in [0.15, 0.2) is 0 Å². The summed E-state index contributed by atoms with van der Waals surface area (Å²) in [7, 11) is 3.58. The van der Waals surface area contributed by atoms with Gasteiger partial charge in [-0.2, -0.15) is 0 Å². The number of carbonyl (C=O) groups is 1. The monoisotopic (exact) mass is 471 g/mol. The molecule has 0 saturated heterocycles. The highest BCUT2D eigenvalue weighted by Gasteiger charge is 2.10. The number of carbonyl (C=O) groups excluding carboxylic acids is 1. The van der Waals surface area contributed by atoms with Crippen molar-refractivity contribution in [2.75, 3.05) is 45.0 Å². The fourth-order valence-electron chi connectivity index (χ4n) is 2.41. The number of pyridine rings is 1. The molecule has 10 heteroatoms. The number of rotatable bonds is 16. The molecule has 1 rings (SSSR count). The number of halogens is 2. The predicted octanol–water partition coefficient (Wildman–Crippen LogP) is 2.95. The van der Waals surface area contributed by atoms with Gasteiger partial charge in [-0.05, 0) is 55.3 Å². The van der Waals surface area contributed by atoms with Gasteiger partial charge in [0.2, 0.25) is 5.91 Å². The van der Waals surface area contributed by atoms with Crippen molar-refractivity contribution in [2.24, 2.45) is 11.5 Å². The SMILES string of the molecule is Cl.Cl.NCCN(CCN)C(=O)CCCCCNCCCSSc1ccccn1. The van der Waals surface area contributed by atoms with Gasteiger partial charge in [-0.15, -0.1) is 24.8 Å². The lowest BCUT2D eigenvalue weighted by Crippen LogP contribution is -2.38. The van der Waals surface area contributed by atoms with E-state index in [0.717, 1.165) is 49.6 Å². The molecule has 0 aliphatic carbocycles. The molecule has 28 heavy (non-hydrogen) atoms. The minimum absolute atomic E-state index is 0. The minimum Gasteiger partial charge on any atom is -0.340 e. The lowest BCUT2D eigenvalue weighted by Gasteiger charge is -2.21. The number of aromatic nitrogens is 1. The lowest BCUT2D eigenvalue weighted by atomic mass is 10.1. The molecule has 164 valence electrons. The normalized spacial score (nSPS) is 10.1. The molecule has 0 unspecified atom stereocenters. The lowest BCUT2D eigenvalue weighted by molar-refractivity contribution is -0.131. The first-order valence-corrected chi connectivity index (χ1v) is 11.7. The molecule has 0 radical (unpaired) electrons. The second-order valence-electron chi connectivity index (χ2n) is 5.95. The van der Waals surface area contributed by atoms with E-state index >= 15 is 0 Å². The van der Waals surface area contributed by atoms with E-state index in [2.05, 4.69) is 10.3 Å². The molecule has 0 atom stereocenters. The maximum absolute atomic E-state index is 12.1. The molecule has 1 aromatic rings. The van der Waals surface area contributed by atoms with Crippen LogP contribution in [-0.2, 0) is 4.79 Å². The van der Waals surface area contributed by atoms with Crippen molar-refractivity contribution >= 4 is 52.3 Å². The number of hydrogen-bond donors (Lipinski definition) is 3. The first-order chi connectivity index (χ1) is 12.8. The third-order valence-corrected chi connectivity index (χ3v) is 6.11. The number of nitrogens with two attached hydrogens (primary N) is 2. The molecule has 1 amide bonds. The molecular weight excluding hydrogens is 437 g/mol. The molecule has 6 nitrogen and oxygen atoms in total. The van der Waals surface area contributed by atoms with Crippen LogP contribution in [0.4, 0.5) is 0 Å². The molecule has 0 aliphatic heterocycles. The molecule has 0 fully saturated rings. The third kappa shape index (κ3) is 15.7. The Bertz CT molecular complexity index is 469. The van der Waals surface area contributed by atoms with Crippen LogP contribution in [0.1, 0.15) is 32.1 Å². The van der Waals surface area contributed by atoms with Gasteiger partial charge >= 0.3 is 0 Å². The molecule has 0 aliphatic rings. The van der Waals surface area contributed by atoms with Crippen LogP contribution in [0.15, 0.2) is 29.4 Å². The Morgan fingerprint density at radius 2 is 1.75 bits per heavy atom. The van der Waals surface area contributed by atoms with E-state index in [4.69, 9.17) is 11.5 Å². The highest BCUT2D eigenvalue weighted by molar-refractivity contribution is 8.76. The second kappa shape index (κ2) is 21.5. The van der Waals surface area contributed by atoms with Gasteiger partial charge in [0.05, 0.1) is 0 Å². The zero-order chi connectivity index (χ0) is 18.9. The van der Waals surface area contributed by atoms with E-state index in [-0.39, 0.29) is 30.7 Å². The number of nitrogens with zero attached hydrogens (tertiary/aromatic N) is 2. The fourth-order valence-corrected chi connectivity index (χ4v) is 4.38. The average Bonchev–Trinajstić information content (AvgIpc) is 2.66. The molecular formula is C18H35Cl2N5OS2. The van der Waals surface area contributed by atoms with Gasteiger partial charge < -0.3 is 21.7 Å². The van der Waals surface area contributed by atoms with Crippen molar-refractivity contribution in [1.29, 1.82) is 0 Å². The smallest absolute Gasteiger partial charge is 0.222 e. The highest BCUT2D eigenvalue weighted by Crippen LogP contribution is 2.29. The fraction of sp³-hybridized carbons (Fsp3) is 0.667. The van der Waals surface area contributed by atoms with Crippen molar-refractivity contribution in [3.05, 3.63) is 24.4 Å². The van der Waals surface area contributed by atoms with E-state index in [1.807, 2.05) is 35.2 Å². The maximum Gasteiger partial charge on any atom is 0.222 e. The summed E-state index contributed by atoms with van der Waals surface area (Å²) < 4.78 is 0. The van der Waals surface area contributed by atoms with E-state index < -0.39 is 0 Å². The summed E-state index contributed by atoms with van der Waals surface area (Å²) in [5, 5.41) is 4.54. The number of unbranched alkanes of at least 4 members (excludes halogenated alkanes) is 2. The summed E-state index contributed by atoms with van der Waals surface area (Å²) in [5.74, 6) is 1.29.